The van der Waals surface area contributed by atoms with Crippen molar-refractivity contribution in [3.8, 4) is 5.75 Å². The van der Waals surface area contributed by atoms with Gasteiger partial charge in [-0.15, -0.1) is 11.3 Å². The number of nitrogens with two attached hydrogens (primary N) is 1. The number of ether oxygens (including phenoxy) is 1. The standard InChI is InChI=1S/C16H22N2OS/c1-4-9-19-14-7-5-13(6-8-14)16(18-17)15-10-11(2)12(3)20-15/h5-8,10,16,18H,4,9,17H2,1-3H3. The molecule has 3 N–H and O–H groups in total. The predicted octanol–water partition coefficient (Wildman–Crippen LogP) is 3.71. The van der Waals surface area contributed by atoms with E-state index in [-0.39, 0.29) is 6.04 Å². The first-order valence-corrected chi connectivity index (χ1v) is 7.73. The van der Waals surface area contributed by atoms with Crippen molar-refractivity contribution in [1.82, 2.24) is 5.43 Å². The molecule has 1 heterocycles. The van der Waals surface area contributed by atoms with Crippen molar-refractivity contribution in [3.05, 3.63) is 51.2 Å². The quantitative estimate of drug-likeness (QED) is 0.630. The van der Waals surface area contributed by atoms with E-state index in [1.165, 1.54) is 15.3 Å². The number of hydrogen-bond acceptors (Lipinski definition) is 4. The van der Waals surface area contributed by atoms with Crippen molar-refractivity contribution in [3.63, 3.8) is 0 Å². The zero-order chi connectivity index (χ0) is 14.5. The smallest absolute Gasteiger partial charge is 0.119 e. The summed E-state index contributed by atoms with van der Waals surface area (Å²) in [7, 11) is 0. The van der Waals surface area contributed by atoms with Gasteiger partial charge in [-0.1, -0.05) is 19.1 Å². The second kappa shape index (κ2) is 6.88. The molecule has 108 valence electrons. The van der Waals surface area contributed by atoms with Crippen molar-refractivity contribution in [1.29, 1.82) is 0 Å². The van der Waals surface area contributed by atoms with Crippen molar-refractivity contribution in [2.24, 2.45) is 5.84 Å². The fourth-order valence-corrected chi connectivity index (χ4v) is 3.19. The Labute approximate surface area is 124 Å². The SMILES string of the molecule is CCCOc1ccc(C(NN)c2cc(C)c(C)s2)cc1. The summed E-state index contributed by atoms with van der Waals surface area (Å²) in [5.41, 5.74) is 5.37. The van der Waals surface area contributed by atoms with Crippen LogP contribution in [0.4, 0.5) is 0 Å². The lowest BCUT2D eigenvalue weighted by atomic mass is 10.1. The molecule has 1 unspecified atom stereocenters. The van der Waals surface area contributed by atoms with Gasteiger partial charge in [0.15, 0.2) is 0 Å². The largest absolute Gasteiger partial charge is 0.494 e. The van der Waals surface area contributed by atoms with Gasteiger partial charge < -0.3 is 4.74 Å². The summed E-state index contributed by atoms with van der Waals surface area (Å²) < 4.78 is 5.60. The minimum absolute atomic E-state index is 0.0348. The van der Waals surface area contributed by atoms with Crippen LogP contribution in [0.3, 0.4) is 0 Å². The van der Waals surface area contributed by atoms with Gasteiger partial charge in [0.2, 0.25) is 0 Å². The number of thiophene rings is 1. The molecule has 3 nitrogen and oxygen atoms in total. The zero-order valence-electron chi connectivity index (χ0n) is 12.3. The summed E-state index contributed by atoms with van der Waals surface area (Å²) >= 11 is 1.79. The van der Waals surface area contributed by atoms with Crippen molar-refractivity contribution < 1.29 is 4.74 Å². The minimum Gasteiger partial charge on any atom is -0.494 e. The molecule has 0 bridgehead atoms. The third-order valence-corrected chi connectivity index (χ3v) is 4.54. The van der Waals surface area contributed by atoms with Crippen LogP contribution in [0.1, 0.15) is 40.3 Å². The summed E-state index contributed by atoms with van der Waals surface area (Å²) in [6.07, 6.45) is 1.02. The van der Waals surface area contributed by atoms with E-state index < -0.39 is 0 Å². The highest BCUT2D eigenvalue weighted by Gasteiger charge is 2.15. The van der Waals surface area contributed by atoms with E-state index in [2.05, 4.69) is 44.4 Å². The third-order valence-electron chi connectivity index (χ3n) is 3.32. The molecule has 0 spiro atoms. The average Bonchev–Trinajstić information content (AvgIpc) is 2.78. The number of hydrogen-bond donors (Lipinski definition) is 2. The molecule has 2 aromatic rings. The highest BCUT2D eigenvalue weighted by Crippen LogP contribution is 2.31. The molecular formula is C16H22N2OS. The number of rotatable bonds is 6. The summed E-state index contributed by atoms with van der Waals surface area (Å²) in [6, 6.07) is 10.4. The average molecular weight is 290 g/mol. The maximum absolute atomic E-state index is 5.74. The van der Waals surface area contributed by atoms with Gasteiger partial charge in [0, 0.05) is 9.75 Å². The first-order valence-electron chi connectivity index (χ1n) is 6.91. The maximum atomic E-state index is 5.74. The molecule has 0 aliphatic carbocycles. The van der Waals surface area contributed by atoms with Crippen LogP contribution in [-0.2, 0) is 0 Å². The Bertz CT molecular complexity index is 529. The van der Waals surface area contributed by atoms with E-state index in [4.69, 9.17) is 10.6 Å². The van der Waals surface area contributed by atoms with Gasteiger partial charge in [-0.2, -0.15) is 0 Å². The molecule has 0 aliphatic rings. The second-order valence-electron chi connectivity index (χ2n) is 4.91. The van der Waals surface area contributed by atoms with Crippen LogP contribution in [-0.4, -0.2) is 6.61 Å². The van der Waals surface area contributed by atoms with E-state index in [0.717, 1.165) is 24.3 Å². The molecule has 20 heavy (non-hydrogen) atoms. The summed E-state index contributed by atoms with van der Waals surface area (Å²) in [6.45, 7) is 7.12. The van der Waals surface area contributed by atoms with Crippen molar-refractivity contribution in [2.75, 3.05) is 6.61 Å². The number of nitrogens with one attached hydrogen (secondary N) is 1. The summed E-state index contributed by atoms with van der Waals surface area (Å²) in [5, 5.41) is 0. The van der Waals surface area contributed by atoms with Gasteiger partial charge in [0.25, 0.3) is 0 Å². The summed E-state index contributed by atoms with van der Waals surface area (Å²) in [4.78, 5) is 2.58. The topological polar surface area (TPSA) is 47.3 Å². The van der Waals surface area contributed by atoms with Crippen molar-refractivity contribution in [2.45, 2.75) is 33.2 Å². The Balaban J connectivity index is 2.19. The molecule has 0 amide bonds. The summed E-state index contributed by atoms with van der Waals surface area (Å²) in [5.74, 6) is 6.65. The zero-order valence-corrected chi connectivity index (χ0v) is 13.1. The number of hydrazine groups is 1. The molecule has 2 rings (SSSR count). The molecule has 1 aromatic heterocycles. The maximum Gasteiger partial charge on any atom is 0.119 e. The van der Waals surface area contributed by atoms with Crippen LogP contribution < -0.4 is 16.0 Å². The molecule has 4 heteroatoms. The van der Waals surface area contributed by atoms with Gasteiger partial charge in [-0.25, -0.2) is 5.43 Å². The van der Waals surface area contributed by atoms with Crippen molar-refractivity contribution >= 4 is 11.3 Å². The van der Waals surface area contributed by atoms with Crippen LogP contribution in [0.5, 0.6) is 5.75 Å². The van der Waals surface area contributed by atoms with Gasteiger partial charge in [-0.05, 0) is 49.6 Å². The monoisotopic (exact) mass is 290 g/mol. The Morgan fingerprint density at radius 2 is 1.95 bits per heavy atom. The first kappa shape index (κ1) is 15.0. The Morgan fingerprint density at radius 1 is 1.25 bits per heavy atom. The lowest BCUT2D eigenvalue weighted by molar-refractivity contribution is 0.317. The van der Waals surface area contributed by atoms with Crippen LogP contribution in [0, 0.1) is 13.8 Å². The van der Waals surface area contributed by atoms with E-state index in [0.29, 0.717) is 0 Å². The predicted molar refractivity (Wildman–Crippen MR) is 85.2 cm³/mol. The molecule has 1 aromatic carbocycles. The first-order chi connectivity index (χ1) is 9.65. The molecule has 0 aliphatic heterocycles. The Hall–Kier alpha value is -1.36. The van der Waals surface area contributed by atoms with E-state index in [9.17, 15) is 0 Å². The molecule has 0 radical (unpaired) electrons. The van der Waals surface area contributed by atoms with Crippen LogP contribution in [0.15, 0.2) is 30.3 Å². The number of benzene rings is 1. The van der Waals surface area contributed by atoms with E-state index in [1.54, 1.807) is 11.3 Å². The fourth-order valence-electron chi connectivity index (χ4n) is 2.06. The van der Waals surface area contributed by atoms with Gasteiger partial charge in [0.1, 0.15) is 5.75 Å². The second-order valence-corrected chi connectivity index (χ2v) is 6.19. The highest BCUT2D eigenvalue weighted by molar-refractivity contribution is 7.12. The molecule has 1 atom stereocenters. The fraction of sp³-hybridized carbons (Fsp3) is 0.375. The molecule has 0 fully saturated rings. The molecular weight excluding hydrogens is 268 g/mol. The normalized spacial score (nSPS) is 12.4. The number of aryl methyl sites for hydroxylation is 2. The van der Waals surface area contributed by atoms with E-state index >= 15 is 0 Å². The third kappa shape index (κ3) is 3.39. The van der Waals surface area contributed by atoms with Gasteiger partial charge in [-0.3, -0.25) is 5.84 Å². The lowest BCUT2D eigenvalue weighted by Crippen LogP contribution is -2.28. The Morgan fingerprint density at radius 3 is 2.45 bits per heavy atom. The highest BCUT2D eigenvalue weighted by atomic mass is 32.1. The molecule has 0 saturated carbocycles. The lowest BCUT2D eigenvalue weighted by Gasteiger charge is -2.15. The van der Waals surface area contributed by atoms with Crippen LogP contribution in [0.2, 0.25) is 0 Å². The minimum atomic E-state index is 0.0348. The van der Waals surface area contributed by atoms with E-state index in [1.807, 2.05) is 12.1 Å². The van der Waals surface area contributed by atoms with Crippen LogP contribution >= 0.6 is 11.3 Å². The van der Waals surface area contributed by atoms with Crippen LogP contribution in [0.25, 0.3) is 0 Å². The molecule has 0 saturated heterocycles. The van der Waals surface area contributed by atoms with Gasteiger partial charge >= 0.3 is 0 Å². The van der Waals surface area contributed by atoms with Gasteiger partial charge in [0.05, 0.1) is 12.6 Å². The Kier molecular flexibility index (Phi) is 5.17.